The monoisotopic (exact) mass is 366 g/mol. The van der Waals surface area contributed by atoms with Crippen molar-refractivity contribution in [1.82, 2.24) is 5.32 Å². The molecule has 1 fully saturated rings. The third-order valence-corrected chi connectivity index (χ3v) is 5.17. The van der Waals surface area contributed by atoms with Crippen molar-refractivity contribution in [3.8, 4) is 0 Å². The van der Waals surface area contributed by atoms with Crippen LogP contribution in [-0.4, -0.2) is 20.4 Å². The fraction of sp³-hybridized carbons (Fsp3) is 0.364. The molecule has 8 heteroatoms. The standard InChI is InChI=1S/C11H12BrClN2O3S/c12-9-5-7(19(14,17)18)4-8(10(9)13)11(16)15-6-2-1-3-6/h4-6H,1-3H2,(H,15,16)(H2,14,17,18). The second-order valence-electron chi connectivity index (χ2n) is 4.41. The van der Waals surface area contributed by atoms with Crippen LogP contribution < -0.4 is 10.5 Å². The number of nitrogens with one attached hydrogen (secondary N) is 1. The van der Waals surface area contributed by atoms with E-state index in [2.05, 4.69) is 21.2 Å². The van der Waals surface area contributed by atoms with Gasteiger partial charge in [-0.2, -0.15) is 0 Å². The quantitative estimate of drug-likeness (QED) is 0.856. The zero-order valence-electron chi connectivity index (χ0n) is 9.82. The lowest BCUT2D eigenvalue weighted by atomic mass is 9.93. The Morgan fingerprint density at radius 1 is 1.42 bits per heavy atom. The molecule has 0 unspecified atom stereocenters. The van der Waals surface area contributed by atoms with Gasteiger partial charge < -0.3 is 5.32 Å². The number of halogens is 2. The van der Waals surface area contributed by atoms with Crippen molar-refractivity contribution in [2.45, 2.75) is 30.2 Å². The number of nitrogens with two attached hydrogens (primary N) is 1. The van der Waals surface area contributed by atoms with Gasteiger partial charge in [0.25, 0.3) is 5.91 Å². The van der Waals surface area contributed by atoms with Gasteiger partial charge in [0.1, 0.15) is 0 Å². The van der Waals surface area contributed by atoms with Gasteiger partial charge in [-0.15, -0.1) is 0 Å². The van der Waals surface area contributed by atoms with Crippen molar-refractivity contribution in [3.63, 3.8) is 0 Å². The summed E-state index contributed by atoms with van der Waals surface area (Å²) in [6.07, 6.45) is 2.94. The maximum atomic E-state index is 12.0. The predicted molar refractivity (Wildman–Crippen MR) is 75.6 cm³/mol. The fourth-order valence-corrected chi connectivity index (χ4v) is 3.08. The molecular weight excluding hydrogens is 356 g/mol. The molecule has 0 aromatic heterocycles. The first kappa shape index (κ1) is 14.8. The van der Waals surface area contributed by atoms with E-state index in [0.717, 1.165) is 19.3 Å². The minimum absolute atomic E-state index is 0.104. The highest BCUT2D eigenvalue weighted by Gasteiger charge is 2.23. The second kappa shape index (κ2) is 5.40. The minimum atomic E-state index is -3.89. The molecule has 0 bridgehead atoms. The molecule has 0 atom stereocenters. The Bertz CT molecular complexity index is 629. The molecule has 3 N–H and O–H groups in total. The van der Waals surface area contributed by atoms with Gasteiger partial charge in [0, 0.05) is 10.5 Å². The SMILES string of the molecule is NS(=O)(=O)c1cc(Br)c(Cl)c(C(=O)NC2CCC2)c1. The van der Waals surface area contributed by atoms with E-state index in [1.54, 1.807) is 0 Å². The summed E-state index contributed by atoms with van der Waals surface area (Å²) in [5.41, 5.74) is 0.104. The number of benzene rings is 1. The van der Waals surface area contributed by atoms with Gasteiger partial charge in [0.2, 0.25) is 10.0 Å². The summed E-state index contributed by atoms with van der Waals surface area (Å²) >= 11 is 9.13. The molecule has 1 aromatic rings. The smallest absolute Gasteiger partial charge is 0.253 e. The summed E-state index contributed by atoms with van der Waals surface area (Å²) < 4.78 is 23.0. The van der Waals surface area contributed by atoms with Crippen LogP contribution in [0.15, 0.2) is 21.5 Å². The summed E-state index contributed by atoms with van der Waals surface area (Å²) in [6.45, 7) is 0. The van der Waals surface area contributed by atoms with Gasteiger partial charge in [-0.3, -0.25) is 4.79 Å². The summed E-state index contributed by atoms with van der Waals surface area (Å²) in [7, 11) is -3.89. The van der Waals surface area contributed by atoms with Crippen molar-refractivity contribution in [1.29, 1.82) is 0 Å². The van der Waals surface area contributed by atoms with Crippen LogP contribution in [-0.2, 0) is 10.0 Å². The third-order valence-electron chi connectivity index (χ3n) is 3.02. The van der Waals surface area contributed by atoms with Gasteiger partial charge in [0.15, 0.2) is 0 Å². The maximum absolute atomic E-state index is 12.0. The molecule has 0 saturated heterocycles. The number of amides is 1. The van der Waals surface area contributed by atoms with Crippen LogP contribution in [0.2, 0.25) is 5.02 Å². The third kappa shape index (κ3) is 3.28. The first-order chi connectivity index (χ1) is 8.79. The Kier molecular flexibility index (Phi) is 4.20. The van der Waals surface area contributed by atoms with Gasteiger partial charge >= 0.3 is 0 Å². The number of hydrogen-bond acceptors (Lipinski definition) is 3. The van der Waals surface area contributed by atoms with Crippen LogP contribution in [0.3, 0.4) is 0 Å². The van der Waals surface area contributed by atoms with Gasteiger partial charge in [-0.1, -0.05) is 11.6 Å². The molecule has 104 valence electrons. The zero-order chi connectivity index (χ0) is 14.2. The molecule has 1 aliphatic rings. The molecule has 0 aliphatic heterocycles. The zero-order valence-corrected chi connectivity index (χ0v) is 13.0. The van der Waals surface area contributed by atoms with E-state index in [1.807, 2.05) is 0 Å². The molecule has 0 heterocycles. The molecule has 1 aromatic carbocycles. The summed E-state index contributed by atoms with van der Waals surface area (Å²) in [5, 5.41) is 8.03. The number of rotatable bonds is 3. The molecule has 1 amide bonds. The average molecular weight is 368 g/mol. The molecule has 1 saturated carbocycles. The molecular formula is C11H12BrClN2O3S. The molecule has 1 aliphatic carbocycles. The van der Waals surface area contributed by atoms with E-state index in [-0.39, 0.29) is 27.4 Å². The molecule has 0 radical (unpaired) electrons. The predicted octanol–water partition coefficient (Wildman–Crippen LogP) is 2.03. The second-order valence-corrected chi connectivity index (χ2v) is 7.21. The van der Waals surface area contributed by atoms with E-state index >= 15 is 0 Å². The summed E-state index contributed by atoms with van der Waals surface area (Å²) in [4.78, 5) is 11.9. The number of carbonyl (C=O) groups is 1. The Morgan fingerprint density at radius 2 is 2.05 bits per heavy atom. The Hall–Kier alpha value is -0.630. The number of hydrogen-bond donors (Lipinski definition) is 2. The summed E-state index contributed by atoms with van der Waals surface area (Å²) in [6, 6.07) is 2.61. The van der Waals surface area contributed by atoms with Crippen LogP contribution >= 0.6 is 27.5 Å². The topological polar surface area (TPSA) is 89.3 Å². The Morgan fingerprint density at radius 3 is 2.53 bits per heavy atom. The van der Waals surface area contributed by atoms with E-state index in [4.69, 9.17) is 16.7 Å². The van der Waals surface area contributed by atoms with Crippen molar-refractivity contribution in [2.24, 2.45) is 5.14 Å². The largest absolute Gasteiger partial charge is 0.349 e. The average Bonchev–Trinajstić information content (AvgIpc) is 2.25. The highest BCUT2D eigenvalue weighted by atomic mass is 79.9. The normalized spacial score (nSPS) is 15.9. The minimum Gasteiger partial charge on any atom is -0.349 e. The number of primary sulfonamides is 1. The first-order valence-electron chi connectivity index (χ1n) is 5.62. The van der Waals surface area contributed by atoms with Crippen LogP contribution in [0.25, 0.3) is 0 Å². The van der Waals surface area contributed by atoms with Crippen LogP contribution in [0.1, 0.15) is 29.6 Å². The summed E-state index contributed by atoms with van der Waals surface area (Å²) in [5.74, 6) is -0.388. The molecule has 2 rings (SSSR count). The van der Waals surface area contributed by atoms with Gasteiger partial charge in [0.05, 0.1) is 15.5 Å². The highest BCUT2D eigenvalue weighted by molar-refractivity contribution is 9.10. The van der Waals surface area contributed by atoms with Crippen LogP contribution in [0.4, 0.5) is 0 Å². The molecule has 19 heavy (non-hydrogen) atoms. The lowest BCUT2D eigenvalue weighted by molar-refractivity contribution is 0.0917. The maximum Gasteiger partial charge on any atom is 0.253 e. The lowest BCUT2D eigenvalue weighted by Crippen LogP contribution is -2.39. The van der Waals surface area contributed by atoms with E-state index in [1.165, 1.54) is 12.1 Å². The lowest BCUT2D eigenvalue weighted by Gasteiger charge is -2.26. The van der Waals surface area contributed by atoms with Gasteiger partial charge in [-0.25, -0.2) is 13.6 Å². The fourth-order valence-electron chi connectivity index (χ4n) is 1.71. The number of carbonyl (C=O) groups excluding carboxylic acids is 1. The van der Waals surface area contributed by atoms with E-state index < -0.39 is 10.0 Å². The van der Waals surface area contributed by atoms with Crippen molar-refractivity contribution >= 4 is 43.5 Å². The Labute approximate surface area is 124 Å². The van der Waals surface area contributed by atoms with Crippen LogP contribution in [0.5, 0.6) is 0 Å². The van der Waals surface area contributed by atoms with Crippen molar-refractivity contribution < 1.29 is 13.2 Å². The number of sulfonamides is 1. The van der Waals surface area contributed by atoms with Crippen molar-refractivity contribution in [2.75, 3.05) is 0 Å². The highest BCUT2D eigenvalue weighted by Crippen LogP contribution is 2.30. The first-order valence-corrected chi connectivity index (χ1v) is 8.33. The molecule has 5 nitrogen and oxygen atoms in total. The van der Waals surface area contributed by atoms with Crippen molar-refractivity contribution in [3.05, 3.63) is 27.2 Å². The van der Waals surface area contributed by atoms with E-state index in [0.29, 0.717) is 4.47 Å². The Balaban J connectivity index is 2.37. The van der Waals surface area contributed by atoms with Crippen LogP contribution in [0, 0.1) is 0 Å². The van der Waals surface area contributed by atoms with Gasteiger partial charge in [-0.05, 0) is 47.3 Å². The molecule has 0 spiro atoms. The van der Waals surface area contributed by atoms with E-state index in [9.17, 15) is 13.2 Å².